The lowest BCUT2D eigenvalue weighted by molar-refractivity contribution is -0.145. The molecule has 0 aliphatic carbocycles. The second kappa shape index (κ2) is 5.25. The number of carbonyl (C=O) groups is 2. The van der Waals surface area contributed by atoms with Crippen LogP contribution in [0.15, 0.2) is 0 Å². The molecule has 0 heterocycles. The number of hydrogen-bond donors (Lipinski definition) is 1. The molecular formula is C9H16O5S. The minimum absolute atomic E-state index is 0.181. The maximum Gasteiger partial charge on any atom is 0.324 e. The van der Waals surface area contributed by atoms with Gasteiger partial charge in [0.05, 0.1) is 17.4 Å². The van der Waals surface area contributed by atoms with E-state index in [1.165, 1.54) is 20.8 Å². The molecule has 0 aliphatic rings. The first-order chi connectivity index (χ1) is 6.75. The Hall–Kier alpha value is -0.910. The molecule has 0 rings (SSSR count). The zero-order valence-corrected chi connectivity index (χ0v) is 10.1. The Morgan fingerprint density at radius 2 is 1.93 bits per heavy atom. The van der Waals surface area contributed by atoms with E-state index in [-0.39, 0.29) is 6.61 Å². The van der Waals surface area contributed by atoms with Crippen molar-refractivity contribution in [3.63, 3.8) is 0 Å². The number of esters is 1. The summed E-state index contributed by atoms with van der Waals surface area (Å²) in [6.07, 6.45) is 0. The van der Waals surface area contributed by atoms with Gasteiger partial charge in [0.1, 0.15) is 10.00 Å². The molecule has 0 aromatic heterocycles. The molecule has 88 valence electrons. The van der Waals surface area contributed by atoms with Crippen molar-refractivity contribution in [2.24, 2.45) is 0 Å². The summed E-state index contributed by atoms with van der Waals surface area (Å²) in [5, 5.41) is 7.59. The average molecular weight is 236 g/mol. The van der Waals surface area contributed by atoms with Crippen LogP contribution in [-0.4, -0.2) is 37.9 Å². The Balaban J connectivity index is 4.79. The Kier molecular flexibility index (Phi) is 4.93. The van der Waals surface area contributed by atoms with E-state index in [2.05, 4.69) is 0 Å². The number of carboxylic acid groups (broad SMARTS) is 1. The maximum absolute atomic E-state index is 11.8. The number of hydrogen-bond acceptors (Lipinski definition) is 4. The van der Waals surface area contributed by atoms with E-state index in [0.29, 0.717) is 0 Å². The normalized spacial score (nSPS) is 15.5. The van der Waals surface area contributed by atoms with Gasteiger partial charge in [-0.15, -0.1) is 0 Å². The van der Waals surface area contributed by atoms with E-state index < -0.39 is 32.7 Å². The number of ether oxygens (including phenoxy) is 1. The van der Waals surface area contributed by atoms with Crippen molar-refractivity contribution in [2.45, 2.75) is 37.7 Å². The molecule has 0 aliphatic heterocycles. The van der Waals surface area contributed by atoms with E-state index in [9.17, 15) is 13.8 Å². The third-order valence-electron chi connectivity index (χ3n) is 1.94. The summed E-state index contributed by atoms with van der Waals surface area (Å²) in [4.78, 5) is 22.0. The highest BCUT2D eigenvalue weighted by Gasteiger charge is 2.40. The van der Waals surface area contributed by atoms with Crippen LogP contribution in [0.2, 0.25) is 0 Å². The molecule has 0 aromatic rings. The smallest absolute Gasteiger partial charge is 0.324 e. The first-order valence-electron chi connectivity index (χ1n) is 4.55. The van der Waals surface area contributed by atoms with Crippen LogP contribution in [-0.2, 0) is 25.1 Å². The first-order valence-corrected chi connectivity index (χ1v) is 5.77. The van der Waals surface area contributed by atoms with Crippen LogP contribution in [0.4, 0.5) is 0 Å². The standard InChI is InChI=1S/C9H16O5S/c1-5-14-8(12)9(3,4)15(13)6(2)7(10)11/h6H,5H2,1-4H3,(H,10,11). The van der Waals surface area contributed by atoms with Gasteiger partial charge in [-0.25, -0.2) is 0 Å². The Labute approximate surface area is 91.3 Å². The van der Waals surface area contributed by atoms with E-state index in [1.807, 2.05) is 0 Å². The van der Waals surface area contributed by atoms with E-state index >= 15 is 0 Å². The third-order valence-corrected chi connectivity index (χ3v) is 3.96. The number of carboxylic acids is 1. The van der Waals surface area contributed by atoms with E-state index in [0.717, 1.165) is 0 Å². The van der Waals surface area contributed by atoms with E-state index in [4.69, 9.17) is 9.84 Å². The summed E-state index contributed by atoms with van der Waals surface area (Å²) >= 11 is 0. The SMILES string of the molecule is CCOC(=O)C(C)(C)S(=O)C(C)C(=O)O. The second-order valence-electron chi connectivity index (χ2n) is 3.51. The van der Waals surface area contributed by atoms with Crippen LogP contribution in [0.1, 0.15) is 27.7 Å². The van der Waals surface area contributed by atoms with Gasteiger partial charge in [0.25, 0.3) is 0 Å². The number of carbonyl (C=O) groups excluding carboxylic acids is 1. The molecule has 0 radical (unpaired) electrons. The first kappa shape index (κ1) is 14.1. The quantitative estimate of drug-likeness (QED) is 0.705. The summed E-state index contributed by atoms with van der Waals surface area (Å²) in [5.41, 5.74) is 0. The zero-order valence-electron chi connectivity index (χ0n) is 9.27. The maximum atomic E-state index is 11.8. The molecule has 6 heteroatoms. The van der Waals surface area contributed by atoms with Crippen molar-refractivity contribution in [1.82, 2.24) is 0 Å². The van der Waals surface area contributed by atoms with Gasteiger partial charge >= 0.3 is 11.9 Å². The van der Waals surface area contributed by atoms with Crippen LogP contribution in [0.25, 0.3) is 0 Å². The lowest BCUT2D eigenvalue weighted by Crippen LogP contribution is -2.44. The van der Waals surface area contributed by atoms with Crippen molar-refractivity contribution >= 4 is 22.7 Å². The average Bonchev–Trinajstić information content (AvgIpc) is 2.15. The van der Waals surface area contributed by atoms with Gasteiger partial charge in [-0.05, 0) is 27.7 Å². The number of rotatable bonds is 5. The van der Waals surface area contributed by atoms with Crippen molar-refractivity contribution in [1.29, 1.82) is 0 Å². The largest absolute Gasteiger partial charge is 0.480 e. The summed E-state index contributed by atoms with van der Waals surface area (Å²) in [6, 6.07) is 0. The van der Waals surface area contributed by atoms with Gasteiger partial charge in [-0.3, -0.25) is 13.8 Å². The monoisotopic (exact) mass is 236 g/mol. The van der Waals surface area contributed by atoms with Crippen LogP contribution < -0.4 is 0 Å². The molecule has 2 unspecified atom stereocenters. The Morgan fingerprint density at radius 1 is 1.47 bits per heavy atom. The van der Waals surface area contributed by atoms with Crippen molar-refractivity contribution in [3.8, 4) is 0 Å². The molecule has 0 spiro atoms. The fraction of sp³-hybridized carbons (Fsp3) is 0.778. The third kappa shape index (κ3) is 3.30. The molecule has 0 bridgehead atoms. The molecule has 0 amide bonds. The molecule has 15 heavy (non-hydrogen) atoms. The highest BCUT2D eigenvalue weighted by atomic mass is 32.2. The predicted octanol–water partition coefficient (Wildman–Crippen LogP) is 0.550. The van der Waals surface area contributed by atoms with Crippen molar-refractivity contribution in [3.05, 3.63) is 0 Å². The van der Waals surface area contributed by atoms with Gasteiger partial charge < -0.3 is 9.84 Å². The van der Waals surface area contributed by atoms with Crippen molar-refractivity contribution in [2.75, 3.05) is 6.61 Å². The fourth-order valence-corrected chi connectivity index (χ4v) is 2.21. The van der Waals surface area contributed by atoms with Gasteiger partial charge in [-0.1, -0.05) is 0 Å². The minimum atomic E-state index is -1.81. The Morgan fingerprint density at radius 3 is 2.27 bits per heavy atom. The van der Waals surface area contributed by atoms with Crippen LogP contribution in [0, 0.1) is 0 Å². The van der Waals surface area contributed by atoms with Crippen LogP contribution >= 0.6 is 0 Å². The van der Waals surface area contributed by atoms with Gasteiger partial charge in [0, 0.05) is 0 Å². The molecule has 5 nitrogen and oxygen atoms in total. The summed E-state index contributed by atoms with van der Waals surface area (Å²) < 4.78 is 15.2. The van der Waals surface area contributed by atoms with Gasteiger partial charge in [0.2, 0.25) is 0 Å². The molecule has 2 atom stereocenters. The molecule has 0 saturated heterocycles. The summed E-state index contributed by atoms with van der Waals surface area (Å²) in [7, 11) is -1.81. The zero-order chi connectivity index (χ0) is 12.2. The molecule has 0 fully saturated rings. The molecule has 0 saturated carbocycles. The molecule has 1 N–H and O–H groups in total. The lowest BCUT2D eigenvalue weighted by Gasteiger charge is -2.23. The summed E-state index contributed by atoms with van der Waals surface area (Å²) in [5.74, 6) is -1.83. The van der Waals surface area contributed by atoms with Crippen molar-refractivity contribution < 1.29 is 23.6 Å². The molecule has 0 aromatic carbocycles. The number of aliphatic carboxylic acids is 1. The van der Waals surface area contributed by atoms with Crippen LogP contribution in [0.5, 0.6) is 0 Å². The highest BCUT2D eigenvalue weighted by molar-refractivity contribution is 7.88. The fourth-order valence-electron chi connectivity index (χ4n) is 0.921. The van der Waals surface area contributed by atoms with Crippen LogP contribution in [0.3, 0.4) is 0 Å². The topological polar surface area (TPSA) is 80.7 Å². The predicted molar refractivity (Wildman–Crippen MR) is 56.0 cm³/mol. The molecular weight excluding hydrogens is 220 g/mol. The summed E-state index contributed by atoms with van der Waals surface area (Å²) in [6.45, 7) is 5.96. The Bertz CT molecular complexity index is 284. The highest BCUT2D eigenvalue weighted by Crippen LogP contribution is 2.19. The minimum Gasteiger partial charge on any atom is -0.480 e. The lowest BCUT2D eigenvalue weighted by atomic mass is 10.2. The second-order valence-corrected chi connectivity index (χ2v) is 5.83. The van der Waals surface area contributed by atoms with Gasteiger partial charge in [0.15, 0.2) is 0 Å². The van der Waals surface area contributed by atoms with Gasteiger partial charge in [-0.2, -0.15) is 0 Å². The van der Waals surface area contributed by atoms with E-state index in [1.54, 1.807) is 6.92 Å².